The maximum Gasteiger partial charge on any atom is 0.243 e. The number of hydrogen-bond donors (Lipinski definition) is 1. The van der Waals surface area contributed by atoms with Crippen molar-refractivity contribution in [2.45, 2.75) is 25.0 Å². The Morgan fingerprint density at radius 1 is 1.39 bits per heavy atom. The minimum atomic E-state index is -0.0951. The number of carbonyl (C=O) groups is 1. The van der Waals surface area contributed by atoms with E-state index in [2.05, 4.69) is 50.0 Å². The summed E-state index contributed by atoms with van der Waals surface area (Å²) in [6, 6.07) is 10.5. The summed E-state index contributed by atoms with van der Waals surface area (Å²) in [5.41, 5.74) is 1.34. The lowest BCUT2D eigenvalue weighted by atomic mass is 10.0. The first-order valence-electron chi connectivity index (χ1n) is 6.16. The van der Waals surface area contributed by atoms with Gasteiger partial charge in [0.05, 0.1) is 0 Å². The van der Waals surface area contributed by atoms with Crippen molar-refractivity contribution < 1.29 is 4.79 Å². The number of amides is 1. The van der Waals surface area contributed by atoms with Crippen molar-refractivity contribution in [3.05, 3.63) is 48.6 Å². The summed E-state index contributed by atoms with van der Waals surface area (Å²) in [6.45, 7) is 8.60. The average Bonchev–Trinajstić information content (AvgIpc) is 2.39. The summed E-state index contributed by atoms with van der Waals surface area (Å²) in [6.07, 6.45) is 2.28. The van der Waals surface area contributed by atoms with Gasteiger partial charge in [-0.1, -0.05) is 36.9 Å². The zero-order valence-corrected chi connectivity index (χ0v) is 11.9. The first kappa shape index (κ1) is 14.8. The van der Waals surface area contributed by atoms with Crippen molar-refractivity contribution in [3.8, 4) is 0 Å². The monoisotopic (exact) mass is 263 g/mol. The Kier molecular flexibility index (Phi) is 5.99. The van der Waals surface area contributed by atoms with E-state index in [9.17, 15) is 4.79 Å². The first-order chi connectivity index (χ1) is 8.56. The Bertz CT molecular complexity index is 387. The number of thioether (sulfide) groups is 1. The van der Waals surface area contributed by atoms with Gasteiger partial charge < -0.3 is 5.32 Å². The summed E-state index contributed by atoms with van der Waals surface area (Å²) in [5.74, 6) is 0.932. The molecule has 0 unspecified atom stereocenters. The van der Waals surface area contributed by atoms with Crippen LogP contribution in [0.1, 0.15) is 25.8 Å². The number of hydrogen-bond acceptors (Lipinski definition) is 2. The molecule has 0 spiro atoms. The molecular formula is C15H21NOS. The standard InChI is InChI=1S/C15H21NOS/c1-4-14(17)16-11-8-12-18-15(2,3)13-9-6-5-7-10-13/h4-7,9-10H,1,8,11-12H2,2-3H3,(H,16,17). The number of nitrogens with one attached hydrogen (secondary N) is 1. The van der Waals surface area contributed by atoms with Crippen LogP contribution >= 0.6 is 11.8 Å². The van der Waals surface area contributed by atoms with Crippen LogP contribution in [-0.2, 0) is 9.54 Å². The second kappa shape index (κ2) is 7.27. The maximum absolute atomic E-state index is 11.0. The molecule has 0 fully saturated rings. The Hall–Kier alpha value is -1.22. The van der Waals surface area contributed by atoms with Crippen LogP contribution < -0.4 is 5.32 Å². The van der Waals surface area contributed by atoms with Crippen LogP contribution in [0.25, 0.3) is 0 Å². The van der Waals surface area contributed by atoms with Gasteiger partial charge in [-0.25, -0.2) is 0 Å². The van der Waals surface area contributed by atoms with Crippen LogP contribution in [0.3, 0.4) is 0 Å². The van der Waals surface area contributed by atoms with Crippen LogP contribution in [0.4, 0.5) is 0 Å². The van der Waals surface area contributed by atoms with E-state index in [1.54, 1.807) is 0 Å². The van der Waals surface area contributed by atoms with Gasteiger partial charge in [0.2, 0.25) is 5.91 Å². The van der Waals surface area contributed by atoms with Crippen molar-refractivity contribution in [2.75, 3.05) is 12.3 Å². The third-order valence-electron chi connectivity index (χ3n) is 2.74. The summed E-state index contributed by atoms with van der Waals surface area (Å²) < 4.78 is 0.115. The molecule has 0 saturated carbocycles. The van der Waals surface area contributed by atoms with Crippen molar-refractivity contribution in [1.82, 2.24) is 5.32 Å². The third kappa shape index (κ3) is 4.96. The van der Waals surface area contributed by atoms with Crippen molar-refractivity contribution in [2.24, 2.45) is 0 Å². The minimum Gasteiger partial charge on any atom is -0.353 e. The predicted octanol–water partition coefficient (Wildman–Crippen LogP) is 3.35. The van der Waals surface area contributed by atoms with E-state index in [1.807, 2.05) is 17.8 Å². The van der Waals surface area contributed by atoms with Crippen molar-refractivity contribution in [1.29, 1.82) is 0 Å². The van der Waals surface area contributed by atoms with Gasteiger partial charge in [0.15, 0.2) is 0 Å². The molecule has 0 atom stereocenters. The van der Waals surface area contributed by atoms with E-state index in [0.717, 1.165) is 12.2 Å². The molecule has 0 bridgehead atoms. The summed E-state index contributed by atoms with van der Waals surface area (Å²) in [4.78, 5) is 11.0. The molecule has 1 amide bonds. The molecule has 0 aliphatic carbocycles. The molecule has 1 rings (SSSR count). The van der Waals surface area contributed by atoms with Gasteiger partial charge in [-0.15, -0.1) is 0 Å². The van der Waals surface area contributed by atoms with Crippen LogP contribution in [0, 0.1) is 0 Å². The van der Waals surface area contributed by atoms with Crippen molar-refractivity contribution >= 4 is 17.7 Å². The van der Waals surface area contributed by atoms with Gasteiger partial charge in [-0.05, 0) is 37.7 Å². The third-order valence-corrected chi connectivity index (χ3v) is 4.19. The van der Waals surface area contributed by atoms with Gasteiger partial charge in [0.25, 0.3) is 0 Å². The van der Waals surface area contributed by atoms with E-state index in [1.165, 1.54) is 11.6 Å². The fraction of sp³-hybridized carbons (Fsp3) is 0.400. The number of carbonyl (C=O) groups excluding carboxylic acids is 1. The SMILES string of the molecule is C=CC(=O)NCCCSC(C)(C)c1ccccc1. The highest BCUT2D eigenvalue weighted by atomic mass is 32.2. The van der Waals surface area contributed by atoms with Crippen LogP contribution in [-0.4, -0.2) is 18.2 Å². The van der Waals surface area contributed by atoms with Gasteiger partial charge >= 0.3 is 0 Å². The molecule has 2 nitrogen and oxygen atoms in total. The van der Waals surface area contributed by atoms with Crippen LogP contribution in [0.15, 0.2) is 43.0 Å². The second-order valence-corrected chi connectivity index (χ2v) is 6.29. The quantitative estimate of drug-likeness (QED) is 0.604. The molecular weight excluding hydrogens is 242 g/mol. The van der Waals surface area contributed by atoms with Gasteiger partial charge in [0.1, 0.15) is 0 Å². The van der Waals surface area contributed by atoms with Crippen molar-refractivity contribution in [3.63, 3.8) is 0 Å². The summed E-state index contributed by atoms with van der Waals surface area (Å²) in [7, 11) is 0. The Morgan fingerprint density at radius 3 is 2.67 bits per heavy atom. The summed E-state index contributed by atoms with van der Waals surface area (Å²) in [5, 5.41) is 2.79. The molecule has 1 aromatic rings. The largest absolute Gasteiger partial charge is 0.353 e. The first-order valence-corrected chi connectivity index (χ1v) is 7.14. The molecule has 0 saturated heterocycles. The molecule has 0 radical (unpaired) electrons. The Balaban J connectivity index is 2.30. The Morgan fingerprint density at radius 2 is 2.06 bits per heavy atom. The lowest BCUT2D eigenvalue weighted by Gasteiger charge is -2.24. The van der Waals surface area contributed by atoms with E-state index >= 15 is 0 Å². The van der Waals surface area contributed by atoms with E-state index in [0.29, 0.717) is 6.54 Å². The van der Waals surface area contributed by atoms with E-state index in [-0.39, 0.29) is 10.7 Å². The van der Waals surface area contributed by atoms with E-state index in [4.69, 9.17) is 0 Å². The lowest BCUT2D eigenvalue weighted by molar-refractivity contribution is -0.116. The molecule has 18 heavy (non-hydrogen) atoms. The molecule has 1 N–H and O–H groups in total. The maximum atomic E-state index is 11.0. The smallest absolute Gasteiger partial charge is 0.243 e. The highest BCUT2D eigenvalue weighted by Gasteiger charge is 2.19. The van der Waals surface area contributed by atoms with Crippen LogP contribution in [0.2, 0.25) is 0 Å². The normalized spacial score (nSPS) is 11.0. The summed E-state index contributed by atoms with van der Waals surface area (Å²) >= 11 is 1.91. The highest BCUT2D eigenvalue weighted by molar-refractivity contribution is 8.00. The lowest BCUT2D eigenvalue weighted by Crippen LogP contribution is -2.22. The average molecular weight is 263 g/mol. The fourth-order valence-corrected chi connectivity index (χ4v) is 2.71. The highest BCUT2D eigenvalue weighted by Crippen LogP contribution is 2.35. The molecule has 0 heterocycles. The van der Waals surface area contributed by atoms with Crippen LogP contribution in [0.5, 0.6) is 0 Å². The molecule has 1 aromatic carbocycles. The molecule has 0 aliphatic heterocycles. The Labute approximate surface area is 114 Å². The van der Waals surface area contributed by atoms with Gasteiger partial charge in [-0.2, -0.15) is 11.8 Å². The number of rotatable bonds is 7. The van der Waals surface area contributed by atoms with Gasteiger partial charge in [-0.3, -0.25) is 4.79 Å². The molecule has 0 aliphatic rings. The van der Waals surface area contributed by atoms with E-state index < -0.39 is 0 Å². The number of benzene rings is 1. The predicted molar refractivity (Wildman–Crippen MR) is 79.7 cm³/mol. The zero-order valence-electron chi connectivity index (χ0n) is 11.1. The minimum absolute atomic E-state index is 0.0951. The fourth-order valence-electron chi connectivity index (χ4n) is 1.61. The molecule has 0 aromatic heterocycles. The van der Waals surface area contributed by atoms with Gasteiger partial charge in [0, 0.05) is 11.3 Å². The molecule has 98 valence electrons. The zero-order chi connectivity index (χ0) is 13.4. The topological polar surface area (TPSA) is 29.1 Å². The molecule has 3 heteroatoms. The second-order valence-electron chi connectivity index (χ2n) is 4.57.